The van der Waals surface area contributed by atoms with Crippen LogP contribution in [0.3, 0.4) is 0 Å². The summed E-state index contributed by atoms with van der Waals surface area (Å²) in [4.78, 5) is 0. The first-order valence-electron chi connectivity index (χ1n) is 13.8. The Morgan fingerprint density at radius 1 is 0.533 bits per heavy atom. The average Bonchev–Trinajstić information content (AvgIpc) is 2.67. The van der Waals surface area contributed by atoms with Crippen molar-refractivity contribution < 1.29 is 0 Å². The average molecular weight is 413 g/mol. The summed E-state index contributed by atoms with van der Waals surface area (Å²) in [7, 11) is 0. The fraction of sp³-hybridized carbons (Fsp3) is 1.00. The van der Waals surface area contributed by atoms with Gasteiger partial charge in [0, 0.05) is 0 Å². The molecule has 0 aromatic carbocycles. The van der Waals surface area contributed by atoms with Crippen molar-refractivity contribution in [2.24, 2.45) is 56.2 Å². The van der Waals surface area contributed by atoms with Crippen molar-refractivity contribution in [3.8, 4) is 0 Å². The van der Waals surface area contributed by atoms with E-state index in [0.717, 1.165) is 23.7 Å². The minimum atomic E-state index is 0.551. The van der Waals surface area contributed by atoms with E-state index < -0.39 is 0 Å². The Balaban J connectivity index is 1.55. The van der Waals surface area contributed by atoms with Crippen LogP contribution in [-0.4, -0.2) is 0 Å². The van der Waals surface area contributed by atoms with E-state index in [2.05, 4.69) is 55.4 Å². The number of rotatable bonds is 0. The van der Waals surface area contributed by atoms with Crippen molar-refractivity contribution in [2.75, 3.05) is 0 Å². The maximum atomic E-state index is 2.81. The molecule has 30 heavy (non-hydrogen) atoms. The highest BCUT2D eigenvalue weighted by Gasteiger charge is 2.70. The Hall–Kier alpha value is 0. The number of hydrogen-bond donors (Lipinski definition) is 0. The van der Waals surface area contributed by atoms with E-state index in [1.165, 1.54) is 77.0 Å². The third kappa shape index (κ3) is 2.58. The minimum Gasteiger partial charge on any atom is -0.0620 e. The van der Waals surface area contributed by atoms with Crippen molar-refractivity contribution in [1.29, 1.82) is 0 Å². The highest BCUT2D eigenvalue weighted by Crippen LogP contribution is 2.78. The van der Waals surface area contributed by atoms with E-state index in [1.807, 2.05) is 0 Å². The predicted octanol–water partition coefficient (Wildman–Crippen LogP) is 9.28. The normalized spacial score (nSPS) is 60.0. The van der Waals surface area contributed by atoms with Crippen LogP contribution >= 0.6 is 0 Å². The van der Waals surface area contributed by atoms with Gasteiger partial charge >= 0.3 is 0 Å². The van der Waals surface area contributed by atoms with Crippen LogP contribution in [0.1, 0.15) is 132 Å². The molecule has 0 nitrogen and oxygen atoms in total. The van der Waals surface area contributed by atoms with Gasteiger partial charge in [-0.1, -0.05) is 68.2 Å². The molecule has 5 fully saturated rings. The van der Waals surface area contributed by atoms with Crippen LogP contribution in [0, 0.1) is 56.2 Å². The molecule has 0 radical (unpaired) electrons. The third-order valence-corrected chi connectivity index (χ3v) is 13.8. The van der Waals surface area contributed by atoms with E-state index in [1.54, 1.807) is 0 Å². The Kier molecular flexibility index (Phi) is 4.59. The molecule has 5 aliphatic carbocycles. The Morgan fingerprint density at radius 2 is 1.17 bits per heavy atom. The van der Waals surface area contributed by atoms with Gasteiger partial charge in [0.1, 0.15) is 0 Å². The molecule has 5 saturated carbocycles. The van der Waals surface area contributed by atoms with Gasteiger partial charge in [-0.25, -0.2) is 0 Å². The first-order valence-corrected chi connectivity index (χ1v) is 13.8. The van der Waals surface area contributed by atoms with Crippen molar-refractivity contribution in [3.63, 3.8) is 0 Å². The van der Waals surface area contributed by atoms with Crippen LogP contribution in [0.5, 0.6) is 0 Å². The Morgan fingerprint density at radius 3 is 1.90 bits per heavy atom. The SMILES string of the molecule is C[C@@H]1CCCC2[C@@]3(C)CC[C@]4(C)C5CC(C)(C)CC[C@@]5(C)CC[C@@]4(C)C3CC[C@]21C. The lowest BCUT2D eigenvalue weighted by Crippen LogP contribution is -2.67. The summed E-state index contributed by atoms with van der Waals surface area (Å²) in [6, 6.07) is 0. The zero-order chi connectivity index (χ0) is 21.8. The predicted molar refractivity (Wildman–Crippen MR) is 129 cm³/mol. The van der Waals surface area contributed by atoms with Crippen LogP contribution in [-0.2, 0) is 0 Å². The lowest BCUT2D eigenvalue weighted by molar-refractivity contribution is -0.258. The molecule has 0 saturated heterocycles. The second-order valence-electron chi connectivity index (χ2n) is 15.4. The maximum Gasteiger partial charge on any atom is -0.0235 e. The van der Waals surface area contributed by atoms with Crippen molar-refractivity contribution in [3.05, 3.63) is 0 Å². The first kappa shape index (κ1) is 21.8. The van der Waals surface area contributed by atoms with Gasteiger partial charge in [-0.3, -0.25) is 0 Å². The van der Waals surface area contributed by atoms with Gasteiger partial charge in [-0.15, -0.1) is 0 Å². The second-order valence-corrected chi connectivity index (χ2v) is 15.4. The van der Waals surface area contributed by atoms with E-state index >= 15 is 0 Å². The summed E-state index contributed by atoms with van der Waals surface area (Å²) in [5, 5.41) is 0. The van der Waals surface area contributed by atoms with Gasteiger partial charge in [0.25, 0.3) is 0 Å². The Labute approximate surface area is 188 Å². The fourth-order valence-corrected chi connectivity index (χ4v) is 11.3. The molecule has 172 valence electrons. The summed E-state index contributed by atoms with van der Waals surface area (Å²) in [6.07, 6.45) is 18.0. The lowest BCUT2D eigenvalue weighted by atomic mass is 9.30. The summed E-state index contributed by atoms with van der Waals surface area (Å²) >= 11 is 0. The van der Waals surface area contributed by atoms with Crippen LogP contribution in [0.15, 0.2) is 0 Å². The molecule has 9 atom stereocenters. The van der Waals surface area contributed by atoms with E-state index in [-0.39, 0.29) is 0 Å². The topological polar surface area (TPSA) is 0 Å². The van der Waals surface area contributed by atoms with Crippen LogP contribution in [0.4, 0.5) is 0 Å². The monoisotopic (exact) mass is 412 g/mol. The number of hydrogen-bond acceptors (Lipinski definition) is 0. The lowest BCUT2D eigenvalue weighted by Gasteiger charge is -2.75. The van der Waals surface area contributed by atoms with Crippen molar-refractivity contribution in [1.82, 2.24) is 0 Å². The number of fused-ring (bicyclic) bond motifs is 7. The molecule has 0 N–H and O–H groups in total. The molecule has 0 spiro atoms. The highest BCUT2D eigenvalue weighted by molar-refractivity contribution is 5.19. The van der Waals surface area contributed by atoms with E-state index in [9.17, 15) is 0 Å². The van der Waals surface area contributed by atoms with Crippen LogP contribution < -0.4 is 0 Å². The van der Waals surface area contributed by atoms with Crippen LogP contribution in [0.25, 0.3) is 0 Å². The molecular formula is C30H52. The third-order valence-electron chi connectivity index (χ3n) is 13.8. The molecular weight excluding hydrogens is 360 g/mol. The van der Waals surface area contributed by atoms with Gasteiger partial charge in [0.2, 0.25) is 0 Å². The molecule has 0 heterocycles. The molecule has 5 rings (SSSR count). The zero-order valence-electron chi connectivity index (χ0n) is 21.8. The summed E-state index contributed by atoms with van der Waals surface area (Å²) in [5.41, 5.74) is 3.48. The maximum absolute atomic E-state index is 2.81. The highest BCUT2D eigenvalue weighted by atomic mass is 14.7. The Bertz CT molecular complexity index is 705. The standard InChI is InChI=1S/C30H52/c1-21-10-9-11-22-27(21,5)13-12-23-28(22,6)17-19-30(8)24-20-25(2,3)14-15-26(24,4)16-18-29(23,30)7/h21-24H,9-20H2,1-8H3/t21-,22?,23?,24?,26+,27+,28-,29+,30-/m1/s1. The van der Waals surface area contributed by atoms with Crippen molar-refractivity contribution in [2.45, 2.75) is 132 Å². The molecule has 0 aromatic rings. The molecule has 0 aliphatic heterocycles. The zero-order valence-corrected chi connectivity index (χ0v) is 21.8. The summed E-state index contributed by atoms with van der Waals surface area (Å²) in [6.45, 7) is 21.6. The van der Waals surface area contributed by atoms with E-state index in [0.29, 0.717) is 32.5 Å². The van der Waals surface area contributed by atoms with E-state index in [4.69, 9.17) is 0 Å². The van der Waals surface area contributed by atoms with Gasteiger partial charge < -0.3 is 0 Å². The second kappa shape index (κ2) is 6.32. The first-order chi connectivity index (χ1) is 13.8. The molecule has 5 aliphatic rings. The molecule has 3 unspecified atom stereocenters. The van der Waals surface area contributed by atoms with Gasteiger partial charge in [-0.05, 0) is 120 Å². The molecule has 0 heteroatoms. The summed E-state index contributed by atoms with van der Waals surface area (Å²) < 4.78 is 0. The van der Waals surface area contributed by atoms with Crippen LogP contribution in [0.2, 0.25) is 0 Å². The largest absolute Gasteiger partial charge is 0.0620 e. The molecule has 0 aromatic heterocycles. The van der Waals surface area contributed by atoms with Crippen molar-refractivity contribution >= 4 is 0 Å². The summed E-state index contributed by atoms with van der Waals surface area (Å²) in [5.74, 6) is 3.81. The van der Waals surface area contributed by atoms with Gasteiger partial charge in [0.15, 0.2) is 0 Å². The fourth-order valence-electron chi connectivity index (χ4n) is 11.3. The van der Waals surface area contributed by atoms with Gasteiger partial charge in [0.05, 0.1) is 0 Å². The molecule has 0 amide bonds. The minimum absolute atomic E-state index is 0.551. The smallest absolute Gasteiger partial charge is 0.0235 e. The van der Waals surface area contributed by atoms with Gasteiger partial charge in [-0.2, -0.15) is 0 Å². The molecule has 0 bridgehead atoms. The quantitative estimate of drug-likeness (QED) is 0.372.